The number of Topliss-reactive ketones (excluding diaryl/α,β-unsaturated/α-hetero) is 1. The molecule has 1 aromatic heterocycles. The Kier molecular flexibility index (Phi) is 6.46. The number of esters is 1. The average molecular weight is 397 g/mol. The summed E-state index contributed by atoms with van der Waals surface area (Å²) in [7, 11) is 0. The van der Waals surface area contributed by atoms with E-state index < -0.39 is 5.97 Å². The maximum atomic E-state index is 13.3. The van der Waals surface area contributed by atoms with Crippen molar-refractivity contribution < 1.29 is 19.1 Å². The fraction of sp³-hybridized carbons (Fsp3) is 0.455. The number of aromatic nitrogens is 2. The molecule has 1 aliphatic rings. The average Bonchev–Trinajstić information content (AvgIpc) is 3.14. The molecule has 1 aliphatic carbocycles. The third-order valence-corrected chi connectivity index (χ3v) is 5.09. The van der Waals surface area contributed by atoms with E-state index in [4.69, 9.17) is 4.74 Å². The Morgan fingerprint density at radius 1 is 1.21 bits per heavy atom. The van der Waals surface area contributed by atoms with Gasteiger partial charge in [-0.25, -0.2) is 9.48 Å². The summed E-state index contributed by atoms with van der Waals surface area (Å²) in [4.78, 5) is 39.1. The molecule has 1 amide bonds. The quantitative estimate of drug-likeness (QED) is 0.696. The van der Waals surface area contributed by atoms with Crippen molar-refractivity contribution in [1.82, 2.24) is 9.78 Å². The second kappa shape index (κ2) is 9.03. The van der Waals surface area contributed by atoms with Crippen LogP contribution < -0.4 is 4.90 Å². The highest BCUT2D eigenvalue weighted by molar-refractivity contribution is 6.02. The minimum Gasteiger partial charge on any atom is -0.462 e. The van der Waals surface area contributed by atoms with Gasteiger partial charge in [0, 0.05) is 31.0 Å². The van der Waals surface area contributed by atoms with Crippen molar-refractivity contribution in [3.8, 4) is 5.69 Å². The van der Waals surface area contributed by atoms with Crippen LogP contribution >= 0.6 is 0 Å². The number of ketones is 1. The van der Waals surface area contributed by atoms with E-state index in [1.807, 2.05) is 44.2 Å². The Labute approximate surface area is 170 Å². The van der Waals surface area contributed by atoms with Crippen molar-refractivity contribution in [3.63, 3.8) is 0 Å². The third kappa shape index (κ3) is 4.55. The van der Waals surface area contributed by atoms with Crippen LogP contribution in [0.2, 0.25) is 0 Å². The van der Waals surface area contributed by atoms with E-state index >= 15 is 0 Å². The van der Waals surface area contributed by atoms with Crippen LogP contribution in [0.1, 0.15) is 56.8 Å². The molecule has 0 N–H and O–H groups in total. The van der Waals surface area contributed by atoms with Crippen LogP contribution in [0.25, 0.3) is 5.69 Å². The number of benzene rings is 1. The van der Waals surface area contributed by atoms with Crippen LogP contribution in [-0.2, 0) is 14.3 Å². The van der Waals surface area contributed by atoms with E-state index in [0.717, 1.165) is 5.69 Å². The Morgan fingerprint density at radius 2 is 1.86 bits per heavy atom. The van der Waals surface area contributed by atoms with Gasteiger partial charge in [-0.3, -0.25) is 14.5 Å². The van der Waals surface area contributed by atoms with E-state index in [9.17, 15) is 14.4 Å². The number of carbonyl (C=O) groups is 3. The van der Waals surface area contributed by atoms with Gasteiger partial charge in [0.05, 0.1) is 12.3 Å². The molecule has 0 unspecified atom stereocenters. The molecular formula is C22H27N3O4. The SMILES string of the molecule is CCOC(=O)c1cn(-c2ccccc2)nc1N(C(=O)C1CCC(=O)CC1)C(C)C. The molecule has 0 bridgehead atoms. The lowest BCUT2D eigenvalue weighted by molar-refractivity contribution is -0.126. The number of anilines is 1. The molecule has 0 spiro atoms. The maximum Gasteiger partial charge on any atom is 0.343 e. The Balaban J connectivity index is 2.02. The van der Waals surface area contributed by atoms with Crippen LogP contribution in [-0.4, -0.2) is 40.1 Å². The fourth-order valence-electron chi connectivity index (χ4n) is 3.60. The van der Waals surface area contributed by atoms with Crippen LogP contribution in [0.4, 0.5) is 5.82 Å². The lowest BCUT2D eigenvalue weighted by atomic mass is 9.87. The monoisotopic (exact) mass is 397 g/mol. The zero-order valence-corrected chi connectivity index (χ0v) is 17.1. The molecule has 2 aromatic rings. The third-order valence-electron chi connectivity index (χ3n) is 5.09. The molecule has 1 saturated carbocycles. The van der Waals surface area contributed by atoms with E-state index in [2.05, 4.69) is 5.10 Å². The standard InChI is InChI=1S/C22H27N3O4/c1-4-29-22(28)19-14-24(17-8-6-5-7-9-17)23-20(19)25(15(2)3)21(27)16-10-12-18(26)13-11-16/h5-9,14-16H,4,10-13H2,1-3H3. The molecule has 1 heterocycles. The maximum absolute atomic E-state index is 13.3. The second-order valence-electron chi connectivity index (χ2n) is 7.48. The number of nitrogens with zero attached hydrogens (tertiary/aromatic N) is 3. The molecule has 154 valence electrons. The van der Waals surface area contributed by atoms with Gasteiger partial charge >= 0.3 is 5.97 Å². The van der Waals surface area contributed by atoms with E-state index in [0.29, 0.717) is 31.5 Å². The summed E-state index contributed by atoms with van der Waals surface area (Å²) in [6.07, 6.45) is 3.52. The molecule has 3 rings (SSSR count). The highest BCUT2D eigenvalue weighted by atomic mass is 16.5. The van der Waals surface area contributed by atoms with Crippen molar-refractivity contribution in [3.05, 3.63) is 42.1 Å². The molecule has 1 aromatic carbocycles. The summed E-state index contributed by atoms with van der Waals surface area (Å²) in [6, 6.07) is 9.21. The number of hydrogen-bond acceptors (Lipinski definition) is 5. The summed E-state index contributed by atoms with van der Waals surface area (Å²) >= 11 is 0. The first-order chi connectivity index (χ1) is 13.9. The normalized spacial score (nSPS) is 14.8. The number of ether oxygens (including phenoxy) is 1. The summed E-state index contributed by atoms with van der Waals surface area (Å²) in [5.41, 5.74) is 1.04. The molecular weight excluding hydrogens is 370 g/mol. The van der Waals surface area contributed by atoms with Gasteiger partial charge in [-0.15, -0.1) is 5.10 Å². The summed E-state index contributed by atoms with van der Waals surface area (Å²) < 4.78 is 6.80. The molecule has 7 heteroatoms. The Bertz CT molecular complexity index is 879. The lowest BCUT2D eigenvalue weighted by Crippen LogP contribution is -2.43. The minimum atomic E-state index is -0.512. The van der Waals surface area contributed by atoms with Gasteiger partial charge in [-0.1, -0.05) is 18.2 Å². The van der Waals surface area contributed by atoms with Crippen LogP contribution in [0.5, 0.6) is 0 Å². The zero-order valence-electron chi connectivity index (χ0n) is 17.1. The van der Waals surface area contributed by atoms with Gasteiger partial charge in [0.25, 0.3) is 0 Å². The van der Waals surface area contributed by atoms with Crippen molar-refractivity contribution in [2.45, 2.75) is 52.5 Å². The number of rotatable bonds is 6. The number of amides is 1. The zero-order chi connectivity index (χ0) is 21.0. The van der Waals surface area contributed by atoms with Gasteiger partial charge < -0.3 is 4.74 Å². The first-order valence-corrected chi connectivity index (χ1v) is 10.1. The van der Waals surface area contributed by atoms with Crippen LogP contribution in [0.3, 0.4) is 0 Å². The molecule has 0 radical (unpaired) electrons. The number of hydrogen-bond donors (Lipinski definition) is 0. The van der Waals surface area contributed by atoms with Gasteiger partial charge in [-0.2, -0.15) is 0 Å². The predicted octanol–water partition coefficient (Wildman–Crippen LogP) is 3.55. The van der Waals surface area contributed by atoms with Gasteiger partial charge in [0.15, 0.2) is 5.82 Å². The van der Waals surface area contributed by atoms with E-state index in [1.54, 1.807) is 22.7 Å². The summed E-state index contributed by atoms with van der Waals surface area (Å²) in [5, 5.41) is 4.59. The molecule has 0 saturated heterocycles. The Morgan fingerprint density at radius 3 is 2.45 bits per heavy atom. The smallest absolute Gasteiger partial charge is 0.343 e. The van der Waals surface area contributed by atoms with Crippen molar-refractivity contribution in [2.24, 2.45) is 5.92 Å². The summed E-state index contributed by atoms with van der Waals surface area (Å²) in [6.45, 7) is 5.75. The van der Waals surface area contributed by atoms with Crippen molar-refractivity contribution in [1.29, 1.82) is 0 Å². The van der Waals surface area contributed by atoms with Crippen LogP contribution in [0.15, 0.2) is 36.5 Å². The van der Waals surface area contributed by atoms with Crippen molar-refractivity contribution >= 4 is 23.5 Å². The van der Waals surface area contributed by atoms with Gasteiger partial charge in [0.1, 0.15) is 11.3 Å². The fourth-order valence-corrected chi connectivity index (χ4v) is 3.60. The number of carbonyl (C=O) groups excluding carboxylic acids is 3. The topological polar surface area (TPSA) is 81.5 Å². The molecule has 7 nitrogen and oxygen atoms in total. The molecule has 1 fully saturated rings. The lowest BCUT2D eigenvalue weighted by Gasteiger charge is -2.30. The van der Waals surface area contributed by atoms with E-state index in [-0.39, 0.29) is 35.8 Å². The highest BCUT2D eigenvalue weighted by Gasteiger charge is 2.34. The molecule has 0 atom stereocenters. The second-order valence-corrected chi connectivity index (χ2v) is 7.48. The van der Waals surface area contributed by atoms with Crippen molar-refractivity contribution in [2.75, 3.05) is 11.5 Å². The van der Waals surface area contributed by atoms with Crippen LogP contribution in [0, 0.1) is 5.92 Å². The Hall–Kier alpha value is -2.96. The summed E-state index contributed by atoms with van der Waals surface area (Å²) in [5.74, 6) is -0.361. The van der Waals surface area contributed by atoms with E-state index in [1.165, 1.54) is 0 Å². The number of para-hydroxylation sites is 1. The first-order valence-electron chi connectivity index (χ1n) is 10.1. The van der Waals surface area contributed by atoms with Gasteiger partial charge in [-0.05, 0) is 45.7 Å². The first kappa shape index (κ1) is 20.8. The highest BCUT2D eigenvalue weighted by Crippen LogP contribution is 2.30. The van der Waals surface area contributed by atoms with Gasteiger partial charge in [0.2, 0.25) is 5.91 Å². The predicted molar refractivity (Wildman–Crippen MR) is 109 cm³/mol. The molecule has 0 aliphatic heterocycles. The largest absolute Gasteiger partial charge is 0.462 e. The molecule has 29 heavy (non-hydrogen) atoms. The minimum absolute atomic E-state index is 0.101.